The highest BCUT2D eigenvalue weighted by molar-refractivity contribution is 6.21. The topological polar surface area (TPSA) is 31.3 Å². The van der Waals surface area contributed by atoms with Crippen LogP contribution < -0.4 is 5.56 Å². The summed E-state index contributed by atoms with van der Waals surface area (Å²) < 4.78 is 6.74. The van der Waals surface area contributed by atoms with E-state index in [-0.39, 0.29) is 5.56 Å². The molecule has 0 saturated heterocycles. The molecule has 4 heterocycles. The van der Waals surface area contributed by atoms with Crippen molar-refractivity contribution in [3.05, 3.63) is 223 Å². The molecule has 0 fully saturated rings. The van der Waals surface area contributed by atoms with Crippen LogP contribution >= 0.6 is 0 Å². The predicted octanol–water partition coefficient (Wildman–Crippen LogP) is 14.9. The zero-order chi connectivity index (χ0) is 41.3. The highest BCUT2D eigenvalue weighted by Crippen LogP contribution is 2.41. The lowest BCUT2D eigenvalue weighted by Crippen LogP contribution is -2.12. The van der Waals surface area contributed by atoms with E-state index in [9.17, 15) is 4.79 Å². The maximum atomic E-state index is 14.1. The van der Waals surface area contributed by atoms with Gasteiger partial charge in [0.15, 0.2) is 0 Å². The molecular formula is C59H35N3O. The molecule has 0 bridgehead atoms. The van der Waals surface area contributed by atoms with Crippen LogP contribution in [0.25, 0.3) is 126 Å². The van der Waals surface area contributed by atoms with Crippen LogP contribution in [0, 0.1) is 0 Å². The largest absolute Gasteiger partial charge is 0.309 e. The normalized spacial score (nSPS) is 12.2. The Balaban J connectivity index is 0.916. The van der Waals surface area contributed by atoms with Gasteiger partial charge in [-0.25, -0.2) is 0 Å². The van der Waals surface area contributed by atoms with E-state index in [1.807, 2.05) is 28.7 Å². The fourth-order valence-corrected chi connectivity index (χ4v) is 10.8. The number of pyridine rings is 1. The molecule has 14 rings (SSSR count). The van der Waals surface area contributed by atoms with Crippen molar-refractivity contribution >= 4 is 92.3 Å². The van der Waals surface area contributed by atoms with E-state index in [0.717, 1.165) is 66.0 Å². The van der Waals surface area contributed by atoms with Gasteiger partial charge in [0.1, 0.15) is 0 Å². The Hall–Kier alpha value is -8.47. The van der Waals surface area contributed by atoms with E-state index in [0.29, 0.717) is 0 Å². The van der Waals surface area contributed by atoms with Crippen LogP contribution in [0.2, 0.25) is 0 Å². The number of fused-ring (bicyclic) bond motifs is 12. The lowest BCUT2D eigenvalue weighted by molar-refractivity contribution is 1.17. The molecule has 0 radical (unpaired) electrons. The predicted molar refractivity (Wildman–Crippen MR) is 264 cm³/mol. The molecule has 0 spiro atoms. The van der Waals surface area contributed by atoms with E-state index in [1.54, 1.807) is 0 Å². The van der Waals surface area contributed by atoms with Crippen molar-refractivity contribution in [2.24, 2.45) is 0 Å². The fraction of sp³-hybridized carbons (Fsp3) is 0. The van der Waals surface area contributed by atoms with Gasteiger partial charge in [-0.3, -0.25) is 9.20 Å². The van der Waals surface area contributed by atoms with Crippen LogP contribution in [0.15, 0.2) is 217 Å². The Morgan fingerprint density at radius 2 is 0.857 bits per heavy atom. The molecule has 4 aromatic heterocycles. The number of nitrogens with zero attached hydrogens (tertiary/aromatic N) is 3. The summed E-state index contributed by atoms with van der Waals surface area (Å²) in [5, 5.41) is 12.4. The minimum atomic E-state index is 0.0230. The smallest absolute Gasteiger partial charge is 0.263 e. The van der Waals surface area contributed by atoms with Crippen molar-refractivity contribution in [3.8, 4) is 33.6 Å². The van der Waals surface area contributed by atoms with Gasteiger partial charge in [-0.15, -0.1) is 0 Å². The molecule has 14 aromatic rings. The van der Waals surface area contributed by atoms with Gasteiger partial charge in [0.05, 0.1) is 33.1 Å². The van der Waals surface area contributed by atoms with E-state index < -0.39 is 0 Å². The van der Waals surface area contributed by atoms with Crippen molar-refractivity contribution in [1.82, 2.24) is 13.5 Å². The first-order valence-electron chi connectivity index (χ1n) is 21.5. The van der Waals surface area contributed by atoms with Crippen molar-refractivity contribution in [3.63, 3.8) is 0 Å². The summed E-state index contributed by atoms with van der Waals surface area (Å²) in [5.41, 5.74) is 13.5. The molecule has 10 aromatic carbocycles. The lowest BCUT2D eigenvalue weighted by Gasteiger charge is -2.13. The van der Waals surface area contributed by atoms with Gasteiger partial charge in [-0.1, -0.05) is 140 Å². The van der Waals surface area contributed by atoms with Gasteiger partial charge in [-0.2, -0.15) is 0 Å². The molecular weight excluding hydrogens is 767 g/mol. The van der Waals surface area contributed by atoms with E-state index in [4.69, 9.17) is 0 Å². The molecule has 4 heteroatoms. The standard InChI is InChI=1S/C59H35N3O/c63-59-49-29-27-37(33-50(49)48-23-12-22-47-44-18-4-9-26-55(44)62(59)58(47)48)36-13-10-14-38(31-36)42-21-11-15-39-32-41(28-30-43(39)42)61-54-25-8-6-20-46(54)52-34-51-45-19-5-7-24-53(45)60(56(51)35-57(52)61)40-16-2-1-3-17-40/h1-35H. The molecule has 0 aliphatic heterocycles. The molecule has 0 aliphatic rings. The van der Waals surface area contributed by atoms with Gasteiger partial charge in [0.25, 0.3) is 5.56 Å². The van der Waals surface area contributed by atoms with Crippen LogP contribution in [0.5, 0.6) is 0 Å². The molecule has 0 atom stereocenters. The minimum Gasteiger partial charge on any atom is -0.309 e. The van der Waals surface area contributed by atoms with Crippen LogP contribution in [0.3, 0.4) is 0 Å². The minimum absolute atomic E-state index is 0.0230. The maximum Gasteiger partial charge on any atom is 0.263 e. The number of aromatic nitrogens is 3. The Labute approximate surface area is 360 Å². The summed E-state index contributed by atoms with van der Waals surface area (Å²) in [7, 11) is 0. The molecule has 4 nitrogen and oxygen atoms in total. The average molecular weight is 802 g/mol. The van der Waals surface area contributed by atoms with E-state index >= 15 is 0 Å². The molecule has 292 valence electrons. The molecule has 0 aliphatic carbocycles. The molecule has 63 heavy (non-hydrogen) atoms. The SMILES string of the molecule is O=c1c2ccc(-c3cccc(-c4cccc5cc(-n6c7ccccc7c7cc8c9ccccc9n(-c9ccccc9)c8cc76)ccc45)c3)cc2c2cccc3c4ccccc4n1c23. The lowest BCUT2D eigenvalue weighted by atomic mass is 9.94. The maximum absolute atomic E-state index is 14.1. The second-order valence-electron chi connectivity index (χ2n) is 16.8. The zero-order valence-corrected chi connectivity index (χ0v) is 34.0. The fourth-order valence-electron chi connectivity index (χ4n) is 10.8. The summed E-state index contributed by atoms with van der Waals surface area (Å²) in [6.45, 7) is 0. The molecule has 0 saturated carbocycles. The van der Waals surface area contributed by atoms with E-state index in [1.165, 1.54) is 59.9 Å². The zero-order valence-electron chi connectivity index (χ0n) is 34.0. The number of rotatable bonds is 4. The highest BCUT2D eigenvalue weighted by atomic mass is 16.1. The summed E-state index contributed by atoms with van der Waals surface area (Å²) >= 11 is 0. The number of hydrogen-bond donors (Lipinski definition) is 0. The number of benzene rings is 10. The van der Waals surface area contributed by atoms with Crippen LogP contribution in [-0.2, 0) is 0 Å². The van der Waals surface area contributed by atoms with Crippen molar-refractivity contribution < 1.29 is 0 Å². The van der Waals surface area contributed by atoms with Crippen LogP contribution in [0.4, 0.5) is 0 Å². The Morgan fingerprint density at radius 3 is 1.62 bits per heavy atom. The van der Waals surface area contributed by atoms with E-state index in [2.05, 4.69) is 197 Å². The quantitative estimate of drug-likeness (QED) is 0.163. The first-order chi connectivity index (χ1) is 31.2. The summed E-state index contributed by atoms with van der Waals surface area (Å²) in [5.74, 6) is 0. The second-order valence-corrected chi connectivity index (χ2v) is 16.8. The van der Waals surface area contributed by atoms with Gasteiger partial charge in [-0.05, 0) is 111 Å². The van der Waals surface area contributed by atoms with Crippen molar-refractivity contribution in [2.45, 2.75) is 0 Å². The van der Waals surface area contributed by atoms with Crippen LogP contribution in [-0.4, -0.2) is 13.5 Å². The first-order valence-corrected chi connectivity index (χ1v) is 21.5. The molecule has 0 N–H and O–H groups in total. The number of hydrogen-bond acceptors (Lipinski definition) is 1. The third-order valence-corrected chi connectivity index (χ3v) is 13.5. The van der Waals surface area contributed by atoms with Crippen molar-refractivity contribution in [1.29, 1.82) is 0 Å². The van der Waals surface area contributed by atoms with Gasteiger partial charge in [0, 0.05) is 54.5 Å². The van der Waals surface area contributed by atoms with Gasteiger partial charge in [0.2, 0.25) is 0 Å². The third kappa shape index (κ3) is 4.78. The summed E-state index contributed by atoms with van der Waals surface area (Å²) in [4.78, 5) is 14.1. The average Bonchev–Trinajstić information content (AvgIpc) is 3.98. The molecule has 0 amide bonds. The monoisotopic (exact) mass is 801 g/mol. The summed E-state index contributed by atoms with van der Waals surface area (Å²) in [6.07, 6.45) is 0. The second kappa shape index (κ2) is 12.8. The Morgan fingerprint density at radius 1 is 0.286 bits per heavy atom. The molecule has 0 unspecified atom stereocenters. The third-order valence-electron chi connectivity index (χ3n) is 13.5. The number of para-hydroxylation sites is 5. The van der Waals surface area contributed by atoms with Crippen molar-refractivity contribution in [2.75, 3.05) is 0 Å². The first kappa shape index (κ1) is 34.3. The Kier molecular flexibility index (Phi) is 6.95. The summed E-state index contributed by atoms with van der Waals surface area (Å²) in [6, 6.07) is 76.3. The highest BCUT2D eigenvalue weighted by Gasteiger charge is 2.20. The van der Waals surface area contributed by atoms with Gasteiger partial charge < -0.3 is 9.13 Å². The van der Waals surface area contributed by atoms with Gasteiger partial charge >= 0.3 is 0 Å². The Bertz CT molecular complexity index is 4280. The van der Waals surface area contributed by atoms with Crippen LogP contribution in [0.1, 0.15) is 0 Å².